The highest BCUT2D eigenvalue weighted by molar-refractivity contribution is 9.10. The first kappa shape index (κ1) is 15.9. The number of aromatic nitrogens is 1. The number of carboxylic acid groups (broad SMARTS) is 1. The molecule has 5 heteroatoms. The molecule has 21 heavy (non-hydrogen) atoms. The van der Waals surface area contributed by atoms with Gasteiger partial charge in [0.2, 0.25) is 0 Å². The van der Waals surface area contributed by atoms with Gasteiger partial charge in [0, 0.05) is 22.6 Å². The number of fused-ring (bicyclic) bond motifs is 1. The van der Waals surface area contributed by atoms with Crippen LogP contribution in [0.2, 0.25) is 0 Å². The summed E-state index contributed by atoms with van der Waals surface area (Å²) >= 11 is 3.51. The van der Waals surface area contributed by atoms with Crippen molar-refractivity contribution in [2.24, 2.45) is 5.92 Å². The topological polar surface area (TPSA) is 62.2 Å². The van der Waals surface area contributed by atoms with Gasteiger partial charge in [-0.3, -0.25) is 9.78 Å². The SMILES string of the molecule is CC(C)C[C@@H](NCc1ccc(Br)c2cccnc12)C(=O)O. The van der Waals surface area contributed by atoms with Gasteiger partial charge >= 0.3 is 5.97 Å². The Bertz CT molecular complexity index is 643. The lowest BCUT2D eigenvalue weighted by molar-refractivity contribution is -0.140. The highest BCUT2D eigenvalue weighted by Crippen LogP contribution is 2.25. The number of nitrogens with one attached hydrogen (secondary N) is 1. The minimum atomic E-state index is -0.807. The van der Waals surface area contributed by atoms with E-state index in [1.165, 1.54) is 0 Å². The Balaban J connectivity index is 2.20. The lowest BCUT2D eigenvalue weighted by atomic mass is 10.0. The number of carboxylic acids is 1. The van der Waals surface area contributed by atoms with Crippen LogP contribution in [0.15, 0.2) is 34.9 Å². The quantitative estimate of drug-likeness (QED) is 0.835. The average Bonchev–Trinajstić information content (AvgIpc) is 2.45. The number of carbonyl (C=O) groups is 1. The predicted molar refractivity (Wildman–Crippen MR) is 87.2 cm³/mol. The molecule has 0 fully saturated rings. The first-order valence-electron chi connectivity index (χ1n) is 6.97. The number of rotatable bonds is 6. The van der Waals surface area contributed by atoms with Gasteiger partial charge in [-0.2, -0.15) is 0 Å². The lowest BCUT2D eigenvalue weighted by Crippen LogP contribution is -2.37. The van der Waals surface area contributed by atoms with Crippen molar-refractivity contribution in [1.82, 2.24) is 10.3 Å². The van der Waals surface area contributed by atoms with Crippen molar-refractivity contribution >= 4 is 32.8 Å². The summed E-state index contributed by atoms with van der Waals surface area (Å²) in [6, 6.07) is 7.30. The van der Waals surface area contributed by atoms with Gasteiger partial charge in [0.1, 0.15) is 6.04 Å². The summed E-state index contributed by atoms with van der Waals surface area (Å²) in [5.41, 5.74) is 1.90. The molecular weight excluding hydrogens is 332 g/mol. The summed E-state index contributed by atoms with van der Waals surface area (Å²) < 4.78 is 0.992. The molecule has 2 aromatic rings. The Hall–Kier alpha value is -1.46. The number of hydrogen-bond donors (Lipinski definition) is 2. The normalized spacial score (nSPS) is 12.8. The second-order valence-electron chi connectivity index (χ2n) is 5.51. The van der Waals surface area contributed by atoms with E-state index in [4.69, 9.17) is 0 Å². The molecular formula is C16H19BrN2O2. The molecule has 0 radical (unpaired) electrons. The average molecular weight is 351 g/mol. The van der Waals surface area contributed by atoms with Gasteiger partial charge in [0.15, 0.2) is 0 Å². The van der Waals surface area contributed by atoms with Gasteiger partial charge in [-0.1, -0.05) is 41.9 Å². The van der Waals surface area contributed by atoms with Crippen LogP contribution in [0.5, 0.6) is 0 Å². The Morgan fingerprint density at radius 3 is 2.81 bits per heavy atom. The van der Waals surface area contributed by atoms with E-state index in [1.807, 2.05) is 38.1 Å². The molecule has 0 saturated heterocycles. The summed E-state index contributed by atoms with van der Waals surface area (Å²) in [5.74, 6) is -0.475. The summed E-state index contributed by atoms with van der Waals surface area (Å²) in [4.78, 5) is 15.7. The van der Waals surface area contributed by atoms with Crippen LogP contribution in [-0.4, -0.2) is 22.1 Å². The maximum absolute atomic E-state index is 11.3. The maximum Gasteiger partial charge on any atom is 0.320 e. The molecule has 1 aromatic carbocycles. The molecule has 0 bridgehead atoms. The predicted octanol–water partition coefficient (Wildman–Crippen LogP) is 3.59. The molecule has 0 aliphatic heterocycles. The van der Waals surface area contributed by atoms with Gasteiger partial charge in [0.05, 0.1) is 5.52 Å². The fraction of sp³-hybridized carbons (Fsp3) is 0.375. The van der Waals surface area contributed by atoms with Crippen molar-refractivity contribution in [2.45, 2.75) is 32.9 Å². The molecule has 0 aliphatic carbocycles. The van der Waals surface area contributed by atoms with Crippen molar-refractivity contribution in [3.63, 3.8) is 0 Å². The van der Waals surface area contributed by atoms with Crippen molar-refractivity contribution in [1.29, 1.82) is 0 Å². The first-order valence-corrected chi connectivity index (χ1v) is 7.76. The van der Waals surface area contributed by atoms with Crippen LogP contribution in [-0.2, 0) is 11.3 Å². The molecule has 0 saturated carbocycles. The summed E-state index contributed by atoms with van der Waals surface area (Å²) in [6.45, 7) is 4.53. The van der Waals surface area contributed by atoms with Crippen LogP contribution in [0.4, 0.5) is 0 Å². The van der Waals surface area contributed by atoms with Crippen molar-refractivity contribution < 1.29 is 9.90 Å². The van der Waals surface area contributed by atoms with E-state index in [1.54, 1.807) is 6.20 Å². The van der Waals surface area contributed by atoms with Crippen LogP contribution >= 0.6 is 15.9 Å². The lowest BCUT2D eigenvalue weighted by Gasteiger charge is -2.17. The minimum Gasteiger partial charge on any atom is -0.480 e. The zero-order valence-electron chi connectivity index (χ0n) is 12.1. The number of benzene rings is 1. The fourth-order valence-corrected chi connectivity index (χ4v) is 2.77. The number of aliphatic carboxylic acids is 1. The molecule has 0 aliphatic rings. The third-order valence-electron chi connectivity index (χ3n) is 3.34. The zero-order valence-corrected chi connectivity index (χ0v) is 13.7. The zero-order chi connectivity index (χ0) is 15.4. The van der Waals surface area contributed by atoms with Crippen LogP contribution in [0.3, 0.4) is 0 Å². The molecule has 1 aromatic heterocycles. The number of halogens is 1. The van der Waals surface area contributed by atoms with E-state index in [9.17, 15) is 9.90 Å². The standard InChI is InChI=1S/C16H19BrN2O2/c1-10(2)8-14(16(20)21)19-9-11-5-6-13(17)12-4-3-7-18-15(11)12/h3-7,10,14,19H,8-9H2,1-2H3,(H,20,21)/t14-/m1/s1. The molecule has 2 rings (SSSR count). The van der Waals surface area contributed by atoms with Crippen LogP contribution in [0.25, 0.3) is 10.9 Å². The molecule has 0 unspecified atom stereocenters. The first-order chi connectivity index (χ1) is 9.99. The Kier molecular flexibility index (Phi) is 5.31. The highest BCUT2D eigenvalue weighted by Gasteiger charge is 2.18. The van der Waals surface area contributed by atoms with Crippen molar-refractivity contribution in [3.8, 4) is 0 Å². The van der Waals surface area contributed by atoms with Gasteiger partial charge in [-0.05, 0) is 30.0 Å². The molecule has 2 N–H and O–H groups in total. The van der Waals surface area contributed by atoms with Gasteiger partial charge < -0.3 is 10.4 Å². The summed E-state index contributed by atoms with van der Waals surface area (Å²) in [7, 11) is 0. The second-order valence-corrected chi connectivity index (χ2v) is 6.36. The summed E-state index contributed by atoms with van der Waals surface area (Å²) in [6.07, 6.45) is 2.36. The van der Waals surface area contributed by atoms with E-state index < -0.39 is 12.0 Å². The van der Waals surface area contributed by atoms with Crippen LogP contribution in [0.1, 0.15) is 25.8 Å². The Morgan fingerprint density at radius 1 is 1.38 bits per heavy atom. The molecule has 112 valence electrons. The number of nitrogens with zero attached hydrogens (tertiary/aromatic N) is 1. The van der Waals surface area contributed by atoms with Gasteiger partial charge in [0.25, 0.3) is 0 Å². The van der Waals surface area contributed by atoms with Crippen LogP contribution < -0.4 is 5.32 Å². The fourth-order valence-electron chi connectivity index (χ4n) is 2.32. The van der Waals surface area contributed by atoms with Crippen molar-refractivity contribution in [2.75, 3.05) is 0 Å². The van der Waals surface area contributed by atoms with Gasteiger partial charge in [-0.15, -0.1) is 0 Å². The second kappa shape index (κ2) is 7.00. The Morgan fingerprint density at radius 2 is 2.14 bits per heavy atom. The summed E-state index contributed by atoms with van der Waals surface area (Å²) in [5, 5.41) is 13.4. The van der Waals surface area contributed by atoms with E-state index in [0.717, 1.165) is 20.9 Å². The van der Waals surface area contributed by atoms with Crippen LogP contribution in [0, 0.1) is 5.92 Å². The van der Waals surface area contributed by atoms with Crippen molar-refractivity contribution in [3.05, 3.63) is 40.5 Å². The molecule has 0 amide bonds. The van der Waals surface area contributed by atoms with E-state index in [0.29, 0.717) is 18.9 Å². The minimum absolute atomic E-state index is 0.332. The number of hydrogen-bond acceptors (Lipinski definition) is 3. The molecule has 1 heterocycles. The monoisotopic (exact) mass is 350 g/mol. The Labute approximate surface area is 132 Å². The molecule has 0 spiro atoms. The third kappa shape index (κ3) is 4.02. The molecule has 4 nitrogen and oxygen atoms in total. The van der Waals surface area contributed by atoms with E-state index in [-0.39, 0.29) is 0 Å². The molecule has 1 atom stereocenters. The third-order valence-corrected chi connectivity index (χ3v) is 4.04. The smallest absolute Gasteiger partial charge is 0.320 e. The van der Waals surface area contributed by atoms with Gasteiger partial charge in [-0.25, -0.2) is 0 Å². The highest BCUT2D eigenvalue weighted by atomic mass is 79.9. The van der Waals surface area contributed by atoms with E-state index in [2.05, 4.69) is 26.2 Å². The largest absolute Gasteiger partial charge is 0.480 e. The van der Waals surface area contributed by atoms with E-state index >= 15 is 0 Å². The number of pyridine rings is 1. The maximum atomic E-state index is 11.3.